The van der Waals surface area contributed by atoms with Gasteiger partial charge in [0.05, 0.1) is 11.4 Å². The quantitative estimate of drug-likeness (QED) is 0.424. The number of halogens is 6. The minimum absolute atomic E-state index is 0.0124. The fourth-order valence-corrected chi connectivity index (χ4v) is 2.29. The summed E-state index contributed by atoms with van der Waals surface area (Å²) >= 11 is 0. The number of alkyl halides is 6. The Kier molecular flexibility index (Phi) is 4.77. The number of nitrogens with zero attached hydrogens (tertiary/aromatic N) is 3. The first-order chi connectivity index (χ1) is 12.6. The molecule has 0 aliphatic carbocycles. The summed E-state index contributed by atoms with van der Waals surface area (Å²) in [4.78, 5) is 4.17. The molecule has 1 heterocycles. The molecule has 0 aliphatic heterocycles. The summed E-state index contributed by atoms with van der Waals surface area (Å²) in [5, 5.41) is 3.07. The molecule has 0 N–H and O–H groups in total. The molecular weight excluding hydrogens is 372 g/mol. The van der Waals surface area contributed by atoms with Gasteiger partial charge in [-0.3, -0.25) is 4.99 Å². The Balaban J connectivity index is 1.93. The molecule has 0 saturated heterocycles. The molecule has 9 heteroatoms. The van der Waals surface area contributed by atoms with Crippen LogP contribution in [0.3, 0.4) is 0 Å². The third-order valence-electron chi connectivity index (χ3n) is 3.55. The topological polar surface area (TPSA) is 30.2 Å². The summed E-state index contributed by atoms with van der Waals surface area (Å²) < 4.78 is 77.7. The van der Waals surface area contributed by atoms with Crippen LogP contribution < -0.4 is 0 Å². The minimum Gasteiger partial charge on any atom is -0.256 e. The molecule has 3 rings (SSSR count). The molecule has 27 heavy (non-hydrogen) atoms. The van der Waals surface area contributed by atoms with Gasteiger partial charge in [0.2, 0.25) is 0 Å². The van der Waals surface area contributed by atoms with E-state index in [2.05, 4.69) is 10.1 Å². The lowest BCUT2D eigenvalue weighted by atomic mass is 10.2. The lowest BCUT2D eigenvalue weighted by Crippen LogP contribution is -2.13. The first-order valence-electron chi connectivity index (χ1n) is 7.58. The van der Waals surface area contributed by atoms with E-state index in [1.54, 1.807) is 6.21 Å². The lowest BCUT2D eigenvalue weighted by Gasteiger charge is -2.10. The number of rotatable bonds is 3. The van der Waals surface area contributed by atoms with E-state index in [0.29, 0.717) is 5.69 Å². The molecule has 0 amide bonds. The third kappa shape index (κ3) is 4.36. The average molecular weight is 383 g/mol. The van der Waals surface area contributed by atoms with E-state index in [1.807, 2.05) is 30.3 Å². The van der Waals surface area contributed by atoms with E-state index in [1.165, 1.54) is 24.3 Å². The van der Waals surface area contributed by atoms with Gasteiger partial charge in [-0.05, 0) is 29.8 Å². The van der Waals surface area contributed by atoms with Crippen LogP contribution in [0, 0.1) is 0 Å². The van der Waals surface area contributed by atoms with E-state index >= 15 is 0 Å². The second-order valence-electron chi connectivity index (χ2n) is 5.51. The van der Waals surface area contributed by atoms with Crippen molar-refractivity contribution in [3.05, 3.63) is 77.6 Å². The molecule has 1 aromatic heterocycles. The Bertz CT molecular complexity index is 938. The number of aromatic nitrogens is 2. The van der Waals surface area contributed by atoms with E-state index in [9.17, 15) is 26.3 Å². The molecule has 0 fully saturated rings. The van der Waals surface area contributed by atoms with Gasteiger partial charge >= 0.3 is 12.4 Å². The molecular formula is C18H11F6N3. The van der Waals surface area contributed by atoms with Gasteiger partial charge in [-0.2, -0.15) is 31.4 Å². The molecule has 3 nitrogen and oxygen atoms in total. The predicted molar refractivity (Wildman–Crippen MR) is 87.3 cm³/mol. The van der Waals surface area contributed by atoms with Crippen molar-refractivity contribution in [2.45, 2.75) is 12.4 Å². The number of hydrogen-bond acceptors (Lipinski definition) is 2. The highest BCUT2D eigenvalue weighted by Crippen LogP contribution is 2.36. The lowest BCUT2D eigenvalue weighted by molar-refractivity contribution is -0.143. The van der Waals surface area contributed by atoms with Crippen LogP contribution in [-0.2, 0) is 12.4 Å². The van der Waals surface area contributed by atoms with Crippen LogP contribution in [0.5, 0.6) is 0 Å². The maximum atomic E-state index is 13.1. The van der Waals surface area contributed by atoms with Gasteiger partial charge in [0.1, 0.15) is 5.69 Å². The highest BCUT2D eigenvalue weighted by molar-refractivity contribution is 5.81. The van der Waals surface area contributed by atoms with Crippen LogP contribution in [0.25, 0.3) is 5.69 Å². The standard InChI is InChI=1S/C18H11F6N3/c19-17(20,21)15-10-16(18(22,23)24)27(26-15)14-8-6-13(7-9-14)25-11-12-4-2-1-3-5-12/h1-11H. The van der Waals surface area contributed by atoms with E-state index in [0.717, 1.165) is 5.56 Å². The molecule has 0 aliphatic rings. The summed E-state index contributed by atoms with van der Waals surface area (Å²) in [6.07, 6.45) is -8.41. The summed E-state index contributed by atoms with van der Waals surface area (Å²) in [7, 11) is 0. The highest BCUT2D eigenvalue weighted by Gasteiger charge is 2.42. The number of benzene rings is 2. The van der Waals surface area contributed by atoms with Crippen molar-refractivity contribution >= 4 is 11.9 Å². The fourth-order valence-electron chi connectivity index (χ4n) is 2.29. The van der Waals surface area contributed by atoms with E-state index in [4.69, 9.17) is 0 Å². The monoisotopic (exact) mass is 383 g/mol. The van der Waals surface area contributed by atoms with E-state index < -0.39 is 23.7 Å². The second kappa shape index (κ2) is 6.90. The molecule has 3 aromatic rings. The van der Waals surface area contributed by atoms with Crippen molar-refractivity contribution in [3.63, 3.8) is 0 Å². The van der Waals surface area contributed by atoms with Crippen molar-refractivity contribution < 1.29 is 26.3 Å². The van der Waals surface area contributed by atoms with Crippen molar-refractivity contribution in [2.75, 3.05) is 0 Å². The van der Waals surface area contributed by atoms with Gasteiger partial charge in [0, 0.05) is 12.3 Å². The first-order valence-corrected chi connectivity index (χ1v) is 7.58. The zero-order valence-electron chi connectivity index (χ0n) is 13.5. The summed E-state index contributed by atoms with van der Waals surface area (Å²) in [5.74, 6) is 0. The second-order valence-corrected chi connectivity index (χ2v) is 5.51. The largest absolute Gasteiger partial charge is 0.435 e. The summed E-state index contributed by atoms with van der Waals surface area (Å²) in [6, 6.07) is 14.3. The predicted octanol–water partition coefficient (Wildman–Crippen LogP) is 5.66. The molecule has 0 atom stereocenters. The zero-order valence-corrected chi connectivity index (χ0v) is 13.5. The van der Waals surface area contributed by atoms with Crippen LogP contribution in [-0.4, -0.2) is 16.0 Å². The molecule has 140 valence electrons. The van der Waals surface area contributed by atoms with Crippen LogP contribution in [0.1, 0.15) is 17.0 Å². The van der Waals surface area contributed by atoms with Gasteiger partial charge in [-0.15, -0.1) is 0 Å². The maximum absolute atomic E-state index is 13.1. The van der Waals surface area contributed by atoms with Crippen molar-refractivity contribution in [1.29, 1.82) is 0 Å². The molecule has 0 spiro atoms. The Morgan fingerprint density at radius 1 is 0.815 bits per heavy atom. The van der Waals surface area contributed by atoms with Crippen LogP contribution in [0.4, 0.5) is 32.0 Å². The Hall–Kier alpha value is -3.10. The number of hydrogen-bond donors (Lipinski definition) is 0. The van der Waals surface area contributed by atoms with Gasteiger partial charge in [-0.25, -0.2) is 4.68 Å². The normalized spacial score (nSPS) is 12.7. The van der Waals surface area contributed by atoms with Crippen LogP contribution in [0.2, 0.25) is 0 Å². The molecule has 0 bridgehead atoms. The Morgan fingerprint density at radius 3 is 2.00 bits per heavy atom. The SMILES string of the molecule is FC(F)(F)c1cc(C(F)(F)F)n(-c2ccc(N=Cc3ccccc3)cc2)n1. The molecule has 2 aromatic carbocycles. The van der Waals surface area contributed by atoms with E-state index in [-0.39, 0.29) is 16.4 Å². The zero-order chi connectivity index (χ0) is 19.7. The molecule has 0 radical (unpaired) electrons. The smallest absolute Gasteiger partial charge is 0.256 e. The fraction of sp³-hybridized carbons (Fsp3) is 0.111. The molecule has 0 saturated carbocycles. The maximum Gasteiger partial charge on any atom is 0.435 e. The minimum atomic E-state index is -4.99. The van der Waals surface area contributed by atoms with Gasteiger partial charge in [0.15, 0.2) is 5.69 Å². The first kappa shape index (κ1) is 18.7. The summed E-state index contributed by atoms with van der Waals surface area (Å²) in [5.41, 5.74) is -2.02. The van der Waals surface area contributed by atoms with Crippen molar-refractivity contribution in [1.82, 2.24) is 9.78 Å². The van der Waals surface area contributed by atoms with Crippen molar-refractivity contribution in [3.8, 4) is 5.69 Å². The highest BCUT2D eigenvalue weighted by atomic mass is 19.4. The van der Waals surface area contributed by atoms with Gasteiger partial charge in [0.25, 0.3) is 0 Å². The third-order valence-corrected chi connectivity index (χ3v) is 3.55. The Morgan fingerprint density at radius 2 is 1.44 bits per heavy atom. The van der Waals surface area contributed by atoms with Crippen molar-refractivity contribution in [2.24, 2.45) is 4.99 Å². The van der Waals surface area contributed by atoms with Crippen LogP contribution >= 0.6 is 0 Å². The molecule has 0 unspecified atom stereocenters. The van der Waals surface area contributed by atoms with Crippen LogP contribution in [0.15, 0.2) is 65.7 Å². The average Bonchev–Trinajstić information content (AvgIpc) is 3.07. The number of aliphatic imine (C=N–C) groups is 1. The van der Waals surface area contributed by atoms with Gasteiger partial charge in [-0.1, -0.05) is 30.3 Å². The van der Waals surface area contributed by atoms with Gasteiger partial charge < -0.3 is 0 Å². The Labute approximate surface area is 149 Å². The summed E-state index contributed by atoms with van der Waals surface area (Å²) in [6.45, 7) is 0.